The van der Waals surface area contributed by atoms with Gasteiger partial charge in [-0.15, -0.1) is 0 Å². The highest BCUT2D eigenvalue weighted by molar-refractivity contribution is 5.19. The van der Waals surface area contributed by atoms with Crippen molar-refractivity contribution in [1.29, 1.82) is 0 Å². The first-order chi connectivity index (χ1) is 20.5. The van der Waals surface area contributed by atoms with Crippen molar-refractivity contribution in [3.8, 4) is 0 Å². The van der Waals surface area contributed by atoms with Crippen molar-refractivity contribution >= 4 is 0 Å². The largest absolute Gasteiger partial charge is 0.393 e. The minimum Gasteiger partial charge on any atom is -0.393 e. The van der Waals surface area contributed by atoms with E-state index in [4.69, 9.17) is 4.74 Å². The molecule has 0 amide bonds. The molecule has 4 rings (SSSR count). The quantitative estimate of drug-likeness (QED) is 0.152. The van der Waals surface area contributed by atoms with Crippen molar-refractivity contribution in [2.45, 2.75) is 93.3 Å². The number of aliphatic hydroxyl groups is 2. The Morgan fingerprint density at radius 3 is 1.44 bits per heavy atom. The summed E-state index contributed by atoms with van der Waals surface area (Å²) in [5, 5.41) is 21.5. The molecule has 43 heavy (non-hydrogen) atoms. The van der Waals surface area contributed by atoms with Gasteiger partial charge < -0.3 is 14.9 Å². The average molecular weight is 591 g/mol. The number of rotatable bonds is 10. The standard InChI is InChI=1S/C40H62O3/c1-25(11-9-13-35-27(3)15-17-33-23-29(5)39(41)31(7)37(33)35)19-21-43-22-20-26(2)12-10-14-36-28(4)16-18-34-24-30(6)40(42)32(8)38(34)36/h9-18,27-42H,19-24H2,1-8H3/b13-9+,14-10+,25-11+,26-12+/t27-,28-,29+,30+,31-,32-,33-,34-,35-,36-,37-,38-,39-,40-/m0/s1. The molecule has 4 aliphatic carbocycles. The van der Waals surface area contributed by atoms with Crippen LogP contribution in [0.2, 0.25) is 0 Å². The third-order valence-electron chi connectivity index (χ3n) is 11.9. The molecule has 14 atom stereocenters. The lowest BCUT2D eigenvalue weighted by molar-refractivity contribution is -0.0390. The summed E-state index contributed by atoms with van der Waals surface area (Å²) >= 11 is 0. The highest BCUT2D eigenvalue weighted by atomic mass is 16.5. The summed E-state index contributed by atoms with van der Waals surface area (Å²) in [7, 11) is 0. The summed E-state index contributed by atoms with van der Waals surface area (Å²) in [4.78, 5) is 0. The topological polar surface area (TPSA) is 49.7 Å². The Labute approximate surface area is 264 Å². The first-order valence-electron chi connectivity index (χ1n) is 17.5. The number of ether oxygens (including phenoxy) is 1. The van der Waals surface area contributed by atoms with E-state index in [1.54, 1.807) is 0 Å². The molecule has 0 aromatic rings. The zero-order valence-electron chi connectivity index (χ0n) is 28.4. The number of hydrogen-bond donors (Lipinski definition) is 2. The van der Waals surface area contributed by atoms with Crippen LogP contribution in [0.25, 0.3) is 0 Å². The predicted octanol–water partition coefficient (Wildman–Crippen LogP) is 8.97. The van der Waals surface area contributed by atoms with E-state index >= 15 is 0 Å². The third-order valence-corrected chi connectivity index (χ3v) is 11.9. The van der Waals surface area contributed by atoms with Crippen LogP contribution in [0.15, 0.2) is 71.9 Å². The van der Waals surface area contributed by atoms with Gasteiger partial charge in [-0.2, -0.15) is 0 Å². The maximum atomic E-state index is 10.8. The van der Waals surface area contributed by atoms with Gasteiger partial charge >= 0.3 is 0 Å². The van der Waals surface area contributed by atoms with Crippen LogP contribution in [0.3, 0.4) is 0 Å². The van der Waals surface area contributed by atoms with Gasteiger partial charge in [-0.25, -0.2) is 0 Å². The fraction of sp³-hybridized carbons (Fsp3) is 0.700. The molecule has 240 valence electrons. The maximum Gasteiger partial charge on any atom is 0.0594 e. The lowest BCUT2D eigenvalue weighted by Crippen LogP contribution is -2.46. The van der Waals surface area contributed by atoms with Gasteiger partial charge in [0.1, 0.15) is 0 Å². The van der Waals surface area contributed by atoms with E-state index in [9.17, 15) is 10.2 Å². The smallest absolute Gasteiger partial charge is 0.0594 e. The second kappa shape index (κ2) is 15.5. The predicted molar refractivity (Wildman–Crippen MR) is 181 cm³/mol. The monoisotopic (exact) mass is 590 g/mol. The van der Waals surface area contributed by atoms with E-state index in [0.29, 0.717) is 71.0 Å². The van der Waals surface area contributed by atoms with E-state index in [1.165, 1.54) is 11.1 Å². The van der Waals surface area contributed by atoms with Gasteiger partial charge in [0.05, 0.1) is 25.4 Å². The van der Waals surface area contributed by atoms with Gasteiger partial charge in [-0.3, -0.25) is 0 Å². The maximum absolute atomic E-state index is 10.8. The normalized spacial score (nSPS) is 43.8. The molecule has 0 spiro atoms. The van der Waals surface area contributed by atoms with Crippen molar-refractivity contribution in [1.82, 2.24) is 0 Å². The lowest BCUT2D eigenvalue weighted by atomic mass is 9.58. The van der Waals surface area contributed by atoms with Crippen LogP contribution in [-0.4, -0.2) is 35.6 Å². The fourth-order valence-electron chi connectivity index (χ4n) is 9.04. The minimum atomic E-state index is -0.190. The van der Waals surface area contributed by atoms with E-state index in [1.807, 2.05) is 0 Å². The van der Waals surface area contributed by atoms with Crippen molar-refractivity contribution in [3.63, 3.8) is 0 Å². The summed E-state index contributed by atoms with van der Waals surface area (Å²) < 4.78 is 6.01. The van der Waals surface area contributed by atoms with Crippen molar-refractivity contribution in [3.05, 3.63) is 71.9 Å². The molecule has 2 N–H and O–H groups in total. The van der Waals surface area contributed by atoms with E-state index in [-0.39, 0.29) is 12.2 Å². The number of allylic oxidation sites excluding steroid dienone is 10. The average Bonchev–Trinajstić information content (AvgIpc) is 2.97. The Hall–Kier alpha value is -1.68. The van der Waals surface area contributed by atoms with Gasteiger partial charge in [0.2, 0.25) is 0 Å². The Kier molecular flexibility index (Phi) is 12.4. The molecular formula is C40H62O3. The highest BCUT2D eigenvalue weighted by Gasteiger charge is 2.45. The highest BCUT2D eigenvalue weighted by Crippen LogP contribution is 2.49. The zero-order chi connectivity index (χ0) is 31.3. The molecule has 0 radical (unpaired) electrons. The lowest BCUT2D eigenvalue weighted by Gasteiger charge is -2.48. The Bertz CT molecular complexity index is 993. The van der Waals surface area contributed by atoms with Gasteiger partial charge in [0.25, 0.3) is 0 Å². The van der Waals surface area contributed by atoms with Gasteiger partial charge in [-0.05, 0) is 111 Å². The molecular weight excluding hydrogens is 528 g/mol. The van der Waals surface area contributed by atoms with Crippen molar-refractivity contribution in [2.75, 3.05) is 13.2 Å². The van der Waals surface area contributed by atoms with Crippen LogP contribution in [0.5, 0.6) is 0 Å². The van der Waals surface area contributed by atoms with Crippen LogP contribution in [-0.2, 0) is 4.74 Å². The zero-order valence-corrected chi connectivity index (χ0v) is 28.4. The second-order valence-corrected chi connectivity index (χ2v) is 15.2. The fourth-order valence-corrected chi connectivity index (χ4v) is 9.04. The summed E-state index contributed by atoms with van der Waals surface area (Å²) in [5.41, 5.74) is 2.69. The molecule has 0 bridgehead atoms. The first kappa shape index (κ1) is 34.2. The van der Waals surface area contributed by atoms with E-state index < -0.39 is 0 Å². The molecule has 3 nitrogen and oxygen atoms in total. The summed E-state index contributed by atoms with van der Waals surface area (Å²) in [6, 6.07) is 0. The molecule has 0 aromatic carbocycles. The second-order valence-electron chi connectivity index (χ2n) is 15.2. The number of aliphatic hydroxyl groups excluding tert-OH is 2. The van der Waals surface area contributed by atoms with Crippen LogP contribution in [0, 0.1) is 71.0 Å². The Morgan fingerprint density at radius 1 is 0.651 bits per heavy atom. The molecule has 0 saturated heterocycles. The molecule has 2 saturated carbocycles. The summed E-state index contributed by atoms with van der Waals surface area (Å²) in [6.45, 7) is 19.4. The van der Waals surface area contributed by atoms with Crippen LogP contribution in [0.4, 0.5) is 0 Å². The summed E-state index contributed by atoms with van der Waals surface area (Å²) in [5.74, 6) is 5.65. The Balaban J connectivity index is 1.20. The van der Waals surface area contributed by atoms with Crippen molar-refractivity contribution < 1.29 is 14.9 Å². The summed E-state index contributed by atoms with van der Waals surface area (Å²) in [6.07, 6.45) is 27.2. The third kappa shape index (κ3) is 8.33. The van der Waals surface area contributed by atoms with Crippen LogP contribution >= 0.6 is 0 Å². The van der Waals surface area contributed by atoms with E-state index in [2.05, 4.69) is 116 Å². The SMILES string of the molecule is C/C(=C\C=C\[C@@H]1[C@H]2[C@H](C)[C@@H](O)[C@H](C)C[C@@H]2C=C[C@@H]1C)CCOCC/C(C)=C/C=C/[C@@H]1[C@H]2[C@H](C)[C@@H](O)[C@H](C)C[C@@H]2C=C[C@@H]1C. The molecule has 0 aromatic heterocycles. The van der Waals surface area contributed by atoms with Gasteiger partial charge in [0.15, 0.2) is 0 Å². The number of hydrogen-bond acceptors (Lipinski definition) is 3. The molecule has 2 fully saturated rings. The Morgan fingerprint density at radius 2 is 1.05 bits per heavy atom. The molecule has 3 heteroatoms. The van der Waals surface area contributed by atoms with Gasteiger partial charge in [-0.1, -0.05) is 113 Å². The molecule has 0 heterocycles. The molecule has 0 unspecified atom stereocenters. The van der Waals surface area contributed by atoms with Gasteiger partial charge in [0, 0.05) is 0 Å². The van der Waals surface area contributed by atoms with Crippen LogP contribution in [0.1, 0.15) is 81.1 Å². The van der Waals surface area contributed by atoms with Crippen molar-refractivity contribution in [2.24, 2.45) is 71.0 Å². The number of fused-ring (bicyclic) bond motifs is 2. The minimum absolute atomic E-state index is 0.190. The molecule has 0 aliphatic heterocycles. The van der Waals surface area contributed by atoms with Crippen LogP contribution < -0.4 is 0 Å². The first-order valence-corrected chi connectivity index (χ1v) is 17.5. The molecule has 4 aliphatic rings. The van der Waals surface area contributed by atoms with E-state index in [0.717, 1.165) is 38.9 Å².